The quantitative estimate of drug-likeness (QED) is 0.247. The monoisotopic (exact) mass is 632 g/mol. The maximum Gasteiger partial charge on any atom is 0.379 e. The minimum atomic E-state index is -4.56. The van der Waals surface area contributed by atoms with Crippen LogP contribution in [0.4, 0.5) is 13.2 Å². The van der Waals surface area contributed by atoms with Crippen molar-refractivity contribution in [3.05, 3.63) is 114 Å². The van der Waals surface area contributed by atoms with Crippen LogP contribution in [0.25, 0.3) is 0 Å². The van der Waals surface area contributed by atoms with Gasteiger partial charge in [-0.15, -0.1) is 0 Å². The molecule has 3 aromatic carbocycles. The second-order valence-corrected chi connectivity index (χ2v) is 12.4. The fraction of sp³-hybridized carbons (Fsp3) is 0.207. The molecule has 0 spiro atoms. The number of fused-ring (bicyclic) bond motifs is 4. The Morgan fingerprint density at radius 2 is 1.56 bits per heavy atom. The average Bonchev–Trinajstić information content (AvgIpc) is 2.98. The van der Waals surface area contributed by atoms with Crippen molar-refractivity contribution in [2.75, 3.05) is 0 Å². The first-order valence-electron chi connectivity index (χ1n) is 12.7. The van der Waals surface area contributed by atoms with E-state index in [9.17, 15) is 36.0 Å². The van der Waals surface area contributed by atoms with E-state index in [2.05, 4.69) is 5.32 Å². The van der Waals surface area contributed by atoms with Crippen molar-refractivity contribution >= 4 is 39.7 Å². The number of ether oxygens (including phenoxy) is 1. The summed E-state index contributed by atoms with van der Waals surface area (Å²) < 4.78 is 67.9. The van der Waals surface area contributed by atoms with Gasteiger partial charge in [0.1, 0.15) is 5.37 Å². The largest absolute Gasteiger partial charge is 0.449 e. The molecular weight excluding hydrogens is 609 g/mol. The third kappa shape index (κ3) is 5.90. The summed E-state index contributed by atoms with van der Waals surface area (Å²) in [5.41, 5.74) is 1.57. The molecule has 9 nitrogen and oxygen atoms in total. The fourth-order valence-corrected chi connectivity index (χ4v) is 7.83. The Morgan fingerprint density at radius 1 is 0.977 bits per heavy atom. The lowest BCUT2D eigenvalue weighted by Crippen LogP contribution is -2.63. The molecule has 43 heavy (non-hydrogen) atoms. The van der Waals surface area contributed by atoms with Gasteiger partial charge in [-0.25, -0.2) is 8.98 Å². The molecular formula is C29H23F3N2O7S2. The molecule has 14 heteroatoms. The van der Waals surface area contributed by atoms with E-state index in [0.717, 1.165) is 11.8 Å². The van der Waals surface area contributed by atoms with Crippen LogP contribution in [0.15, 0.2) is 102 Å². The molecule has 0 aliphatic carbocycles. The van der Waals surface area contributed by atoms with E-state index in [4.69, 9.17) is 8.92 Å². The molecule has 3 aromatic rings. The van der Waals surface area contributed by atoms with Crippen LogP contribution in [-0.4, -0.2) is 48.1 Å². The first kappa shape index (κ1) is 30.3. The van der Waals surface area contributed by atoms with Gasteiger partial charge in [0, 0.05) is 13.1 Å². The summed E-state index contributed by atoms with van der Waals surface area (Å²) in [5.74, 6) is -2.63. The van der Waals surface area contributed by atoms with E-state index in [0.29, 0.717) is 16.7 Å². The second kappa shape index (κ2) is 11.9. The normalized spacial score (nSPS) is 23.0. The fourth-order valence-electron chi connectivity index (χ4n) is 4.91. The van der Waals surface area contributed by atoms with Crippen LogP contribution in [0.1, 0.15) is 35.6 Å². The highest BCUT2D eigenvalue weighted by molar-refractivity contribution is 8.02. The van der Waals surface area contributed by atoms with E-state index in [1.807, 2.05) is 12.1 Å². The molecule has 4 bridgehead atoms. The van der Waals surface area contributed by atoms with Gasteiger partial charge in [0.25, 0.3) is 15.1 Å². The van der Waals surface area contributed by atoms with E-state index >= 15 is 0 Å². The molecule has 6 rings (SSSR count). The van der Waals surface area contributed by atoms with Gasteiger partial charge >= 0.3 is 12.6 Å². The van der Waals surface area contributed by atoms with Crippen molar-refractivity contribution in [3.8, 4) is 0 Å². The predicted octanol–water partition coefficient (Wildman–Crippen LogP) is 4.59. The number of β-lactam (4-membered cyclic amide) rings is 1. The van der Waals surface area contributed by atoms with Gasteiger partial charge in [-0.2, -0.15) is 21.6 Å². The molecule has 3 atom stereocenters. The Morgan fingerprint density at radius 3 is 2.12 bits per heavy atom. The highest BCUT2D eigenvalue weighted by atomic mass is 32.2. The van der Waals surface area contributed by atoms with Crippen LogP contribution in [0.2, 0.25) is 0 Å². The van der Waals surface area contributed by atoms with Gasteiger partial charge in [0.2, 0.25) is 11.8 Å². The van der Waals surface area contributed by atoms with Crippen molar-refractivity contribution in [3.63, 3.8) is 0 Å². The zero-order chi connectivity index (χ0) is 30.9. The average molecular weight is 633 g/mol. The minimum absolute atomic E-state index is 0.212. The number of thioether (sulfide) groups is 1. The van der Waals surface area contributed by atoms with Crippen LogP contribution in [0.3, 0.4) is 0 Å². The van der Waals surface area contributed by atoms with Gasteiger partial charge < -0.3 is 15.0 Å². The number of hydrogen-bond donors (Lipinski definition) is 1. The highest BCUT2D eigenvalue weighted by Crippen LogP contribution is 2.55. The van der Waals surface area contributed by atoms with Gasteiger partial charge in [-0.3, -0.25) is 9.59 Å². The minimum Gasteiger partial charge on any atom is -0.449 e. The molecule has 1 saturated heterocycles. The first-order chi connectivity index (χ1) is 20.4. The van der Waals surface area contributed by atoms with Gasteiger partial charge in [-0.1, -0.05) is 84.6 Å². The number of benzene rings is 3. The first-order valence-corrected chi connectivity index (χ1v) is 15.0. The van der Waals surface area contributed by atoms with Gasteiger partial charge in [0.05, 0.1) is 16.5 Å². The van der Waals surface area contributed by atoms with Crippen LogP contribution < -0.4 is 5.32 Å². The molecule has 1 N–H and O–H groups in total. The summed E-state index contributed by atoms with van der Waals surface area (Å²) >= 11 is 0.816. The van der Waals surface area contributed by atoms with E-state index < -0.39 is 51.0 Å². The molecule has 0 saturated carbocycles. The van der Waals surface area contributed by atoms with Crippen molar-refractivity contribution in [1.82, 2.24) is 10.2 Å². The van der Waals surface area contributed by atoms with Gasteiger partial charge in [-0.05, 0) is 28.8 Å². The number of nitrogens with one attached hydrogen (secondary N) is 1. The Balaban J connectivity index is 0.000000868. The molecule has 3 aliphatic heterocycles. The number of nitrogens with zero attached hydrogens (tertiary/aromatic N) is 1. The van der Waals surface area contributed by atoms with Gasteiger partial charge in [0.15, 0.2) is 6.10 Å². The maximum absolute atomic E-state index is 14.3. The number of carbonyl (C=O) groups is 3. The van der Waals surface area contributed by atoms with Crippen molar-refractivity contribution in [2.24, 2.45) is 0 Å². The number of rotatable bonds is 5. The lowest BCUT2D eigenvalue weighted by Gasteiger charge is -2.51. The zero-order valence-corrected chi connectivity index (χ0v) is 23.9. The topological polar surface area (TPSA) is 119 Å². The van der Waals surface area contributed by atoms with Crippen LogP contribution in [-0.2, 0) is 33.4 Å². The van der Waals surface area contributed by atoms with Crippen LogP contribution in [0, 0.1) is 0 Å². The summed E-state index contributed by atoms with van der Waals surface area (Å²) in [4.78, 5) is 38.4. The molecule has 224 valence electrons. The number of alkyl halides is 3. The lowest BCUT2D eigenvalue weighted by atomic mass is 9.90. The lowest BCUT2D eigenvalue weighted by molar-refractivity contribution is -0.157. The predicted molar refractivity (Wildman–Crippen MR) is 148 cm³/mol. The number of esters is 1. The Hall–Kier alpha value is -4.14. The molecule has 2 unspecified atom stereocenters. The Bertz CT molecular complexity index is 1650. The Labute approximate surface area is 248 Å². The summed E-state index contributed by atoms with van der Waals surface area (Å²) in [6, 6.07) is 23.9. The molecule has 2 amide bonds. The smallest absolute Gasteiger partial charge is 0.379 e. The van der Waals surface area contributed by atoms with Crippen LogP contribution >= 0.6 is 11.8 Å². The van der Waals surface area contributed by atoms with Crippen molar-refractivity contribution < 1.29 is 44.9 Å². The number of halogens is 3. The summed E-state index contributed by atoms with van der Waals surface area (Å²) in [6.07, 6.45) is 0.358. The molecule has 0 radical (unpaired) electrons. The summed E-state index contributed by atoms with van der Waals surface area (Å²) in [5, 5.41) is 1.85. The molecule has 3 heterocycles. The third-order valence-electron chi connectivity index (χ3n) is 6.73. The maximum atomic E-state index is 14.3. The molecule has 3 aliphatic rings. The Kier molecular flexibility index (Phi) is 8.36. The van der Waals surface area contributed by atoms with E-state index in [-0.39, 0.29) is 16.5 Å². The molecule has 0 aromatic heterocycles. The zero-order valence-electron chi connectivity index (χ0n) is 22.2. The number of amides is 2. The third-order valence-corrected chi connectivity index (χ3v) is 9.68. The second-order valence-electron chi connectivity index (χ2n) is 9.54. The van der Waals surface area contributed by atoms with Crippen molar-refractivity contribution in [1.29, 1.82) is 0 Å². The summed E-state index contributed by atoms with van der Waals surface area (Å²) in [7, 11) is -4.56. The van der Waals surface area contributed by atoms with Crippen LogP contribution in [0.5, 0.6) is 0 Å². The number of carbonyl (C=O) groups excluding carboxylic acids is 3. The number of hydrogen-bond acceptors (Lipinski definition) is 8. The molecule has 1 fully saturated rings. The SMILES string of the molecule is CC(=O)NC1=CN2C(=O)C3c4cccc(c4)S(=O)(=O)OC1(C(=O)OC(c1ccccc1)c1ccccc1)S[C@H]32.FC(F)F. The highest BCUT2D eigenvalue weighted by Gasteiger charge is 2.63. The van der Waals surface area contributed by atoms with E-state index in [1.165, 1.54) is 36.2 Å². The summed E-state index contributed by atoms with van der Waals surface area (Å²) in [6.45, 7) is -2.46. The van der Waals surface area contributed by atoms with Crippen molar-refractivity contribution in [2.45, 2.75) is 40.8 Å². The standard InChI is InChI=1S/C28H22N2O7S2.CHF3/c1-17(31)29-22-16-30-25(32)23-20-13-8-14-21(15-20)39(34,35)37-28(22,38-26(23)30)27(33)36-24(18-9-4-2-5-10-18)19-11-6-3-7-12-19;2-1(3)4/h2-16,23-24,26H,1H3,(H,29,31);1H/t23?,26-,28?;/m1./s1. The van der Waals surface area contributed by atoms with E-state index in [1.54, 1.807) is 54.6 Å².